The van der Waals surface area contributed by atoms with E-state index < -0.39 is 17.7 Å². The largest absolute Gasteiger partial charge is 0.446 e. The minimum absolute atomic E-state index is 0.104. The number of aliphatic hydroxyl groups is 1. The number of fused-ring (bicyclic) bond motifs is 1. The number of nitrogens with one attached hydrogen (secondary N) is 2. The van der Waals surface area contributed by atoms with E-state index in [1.807, 2.05) is 19.1 Å². The normalized spacial score (nSPS) is 18.3. The number of hydrogen-bond donors (Lipinski definition) is 3. The maximum Gasteiger partial charge on any atom is 0.255 e. The van der Waals surface area contributed by atoms with Crippen molar-refractivity contribution in [2.24, 2.45) is 0 Å². The molecule has 5 rings (SSSR count). The Kier molecular flexibility index (Phi) is 7.54. The molecule has 4 aromatic heterocycles. The molecule has 0 aromatic carbocycles. The van der Waals surface area contributed by atoms with Crippen LogP contribution in [0.25, 0.3) is 16.9 Å². The molecule has 40 heavy (non-hydrogen) atoms. The van der Waals surface area contributed by atoms with Crippen molar-refractivity contribution in [3.05, 3.63) is 65.6 Å². The first-order valence-corrected chi connectivity index (χ1v) is 13.3. The number of nitrogens with zero attached hydrogens (tertiary/aromatic N) is 5. The van der Waals surface area contributed by atoms with E-state index in [0.29, 0.717) is 34.4 Å². The predicted octanol–water partition coefficient (Wildman–Crippen LogP) is 4.54. The van der Waals surface area contributed by atoms with E-state index in [0.717, 1.165) is 37.0 Å². The number of anilines is 1. The monoisotopic (exact) mass is 545 g/mol. The van der Waals surface area contributed by atoms with Gasteiger partial charge < -0.3 is 20.2 Å². The van der Waals surface area contributed by atoms with Crippen molar-refractivity contribution in [3.63, 3.8) is 0 Å². The Balaban J connectivity index is 1.40. The summed E-state index contributed by atoms with van der Waals surface area (Å²) in [6.07, 6.45) is 6.67. The highest BCUT2D eigenvalue weighted by atomic mass is 19.1. The molecule has 4 aromatic rings. The van der Waals surface area contributed by atoms with Crippen LogP contribution in [-0.2, 0) is 0 Å². The van der Waals surface area contributed by atoms with Gasteiger partial charge in [0.15, 0.2) is 5.89 Å². The summed E-state index contributed by atoms with van der Waals surface area (Å²) in [6, 6.07) is 9.44. The summed E-state index contributed by atoms with van der Waals surface area (Å²) >= 11 is 0. The number of aromatic nitrogens is 4. The van der Waals surface area contributed by atoms with Crippen LogP contribution in [0.4, 0.5) is 10.1 Å². The lowest BCUT2D eigenvalue weighted by molar-refractivity contribution is -0.00177. The van der Waals surface area contributed by atoms with Crippen LogP contribution in [0.1, 0.15) is 73.0 Å². The van der Waals surface area contributed by atoms with Crippen LogP contribution in [0.5, 0.6) is 0 Å². The highest BCUT2D eigenvalue weighted by Crippen LogP contribution is 2.35. The van der Waals surface area contributed by atoms with E-state index in [4.69, 9.17) is 4.42 Å². The fourth-order valence-corrected chi connectivity index (χ4v) is 4.99. The molecule has 1 fully saturated rings. The van der Waals surface area contributed by atoms with Crippen molar-refractivity contribution < 1.29 is 18.7 Å². The van der Waals surface area contributed by atoms with Gasteiger partial charge in [-0.05, 0) is 63.8 Å². The number of aryl methyl sites for hydroxylation is 1. The van der Waals surface area contributed by atoms with Gasteiger partial charge in [0, 0.05) is 25.1 Å². The second-order valence-electron chi connectivity index (χ2n) is 10.8. The van der Waals surface area contributed by atoms with Crippen molar-refractivity contribution >= 4 is 17.1 Å². The van der Waals surface area contributed by atoms with Crippen LogP contribution in [-0.4, -0.2) is 55.0 Å². The molecule has 0 bridgehead atoms. The van der Waals surface area contributed by atoms with E-state index in [-0.39, 0.29) is 18.2 Å². The Hall–Kier alpha value is -4.30. The van der Waals surface area contributed by atoms with E-state index >= 15 is 0 Å². The van der Waals surface area contributed by atoms with Gasteiger partial charge in [-0.2, -0.15) is 10.4 Å². The fourth-order valence-electron chi connectivity index (χ4n) is 4.99. The summed E-state index contributed by atoms with van der Waals surface area (Å²) in [7, 11) is 0. The Labute approximate surface area is 231 Å². The molecule has 0 spiro atoms. The fraction of sp³-hybridized carbons (Fsp3) is 0.414. The maximum atomic E-state index is 14.4. The minimum atomic E-state index is -1.63. The summed E-state index contributed by atoms with van der Waals surface area (Å²) in [4.78, 5) is 21.9. The van der Waals surface area contributed by atoms with Crippen LogP contribution in [0.3, 0.4) is 0 Å². The highest BCUT2D eigenvalue weighted by Gasteiger charge is 2.29. The number of amides is 1. The highest BCUT2D eigenvalue weighted by molar-refractivity contribution is 6.00. The molecule has 1 aliphatic rings. The summed E-state index contributed by atoms with van der Waals surface area (Å²) in [5, 5.41) is 29.6. The number of halogens is 1. The number of carbonyl (C=O) groups is 1. The van der Waals surface area contributed by atoms with Crippen LogP contribution in [0.2, 0.25) is 0 Å². The summed E-state index contributed by atoms with van der Waals surface area (Å²) in [5.41, 5.74) is 1.75. The number of hydrogen-bond acceptors (Lipinski definition) is 8. The van der Waals surface area contributed by atoms with Crippen molar-refractivity contribution in [3.8, 4) is 17.5 Å². The van der Waals surface area contributed by atoms with Crippen LogP contribution in [0, 0.1) is 18.3 Å². The zero-order chi connectivity index (χ0) is 28.4. The topological polar surface area (TPSA) is 141 Å². The number of alkyl halides is 1. The molecule has 0 radical (unpaired) electrons. The molecular formula is C29H32FN7O3. The maximum absolute atomic E-state index is 14.4. The van der Waals surface area contributed by atoms with Gasteiger partial charge in [0.05, 0.1) is 58.3 Å². The van der Waals surface area contributed by atoms with E-state index in [2.05, 4.69) is 31.8 Å². The number of nitriles is 1. The van der Waals surface area contributed by atoms with Crippen molar-refractivity contribution in [2.45, 2.75) is 70.2 Å². The third-order valence-corrected chi connectivity index (χ3v) is 7.38. The Morgan fingerprint density at radius 1 is 1.23 bits per heavy atom. The molecule has 10 nitrogen and oxygen atoms in total. The third-order valence-electron chi connectivity index (χ3n) is 7.38. The molecule has 1 amide bonds. The SMILES string of the molecule is Cc1ncc(C2CCC(Nc3cc(-c4ccc5cc(C#N)cnn45)ncc3C(=O)NCC(F)C(C)(C)O)CC2)o1. The number of carbonyl (C=O) groups excluding carboxylic acids is 1. The molecule has 1 unspecified atom stereocenters. The van der Waals surface area contributed by atoms with Crippen LogP contribution in [0.15, 0.2) is 47.3 Å². The summed E-state index contributed by atoms with van der Waals surface area (Å²) < 4.78 is 21.8. The lowest BCUT2D eigenvalue weighted by atomic mass is 9.84. The molecule has 0 saturated heterocycles. The van der Waals surface area contributed by atoms with E-state index in [9.17, 15) is 19.6 Å². The van der Waals surface area contributed by atoms with Gasteiger partial charge in [-0.25, -0.2) is 13.9 Å². The van der Waals surface area contributed by atoms with Crippen molar-refractivity contribution in [1.82, 2.24) is 24.9 Å². The van der Waals surface area contributed by atoms with Crippen LogP contribution < -0.4 is 10.6 Å². The van der Waals surface area contributed by atoms with Gasteiger partial charge in [-0.15, -0.1) is 0 Å². The van der Waals surface area contributed by atoms with Gasteiger partial charge in [0.25, 0.3) is 5.91 Å². The Morgan fingerprint density at radius 2 is 2.00 bits per heavy atom. The van der Waals surface area contributed by atoms with Gasteiger partial charge >= 0.3 is 0 Å². The molecule has 1 aliphatic carbocycles. The van der Waals surface area contributed by atoms with E-state index in [1.54, 1.807) is 22.8 Å². The molecule has 1 saturated carbocycles. The zero-order valence-corrected chi connectivity index (χ0v) is 22.7. The molecule has 208 valence electrons. The first-order chi connectivity index (χ1) is 19.1. The molecule has 4 heterocycles. The second-order valence-corrected chi connectivity index (χ2v) is 10.8. The molecule has 3 N–H and O–H groups in total. The van der Waals surface area contributed by atoms with E-state index in [1.165, 1.54) is 26.2 Å². The zero-order valence-electron chi connectivity index (χ0n) is 22.7. The Morgan fingerprint density at radius 3 is 2.67 bits per heavy atom. The second kappa shape index (κ2) is 11.1. The number of pyridine rings is 1. The quantitative estimate of drug-likeness (QED) is 0.293. The standard InChI is InChI=1S/C29H32FN7O3/c1-17-32-15-26(40-17)19-4-6-20(7-5-19)36-23-11-24(25-9-8-21-10-18(12-31)13-35-37(21)25)33-14-22(23)28(38)34-16-27(30)29(2,3)39/h8-11,13-15,19-20,27,39H,4-7,16H2,1-3H3,(H,33,36)(H,34,38). The predicted molar refractivity (Wildman–Crippen MR) is 147 cm³/mol. The summed E-state index contributed by atoms with van der Waals surface area (Å²) in [6.45, 7) is 4.22. The van der Waals surface area contributed by atoms with Gasteiger partial charge in [0.2, 0.25) is 0 Å². The van der Waals surface area contributed by atoms with Gasteiger partial charge in [0.1, 0.15) is 18.0 Å². The van der Waals surface area contributed by atoms with Gasteiger partial charge in [-0.1, -0.05) is 0 Å². The lowest BCUT2D eigenvalue weighted by Gasteiger charge is -2.29. The van der Waals surface area contributed by atoms with Crippen LogP contribution >= 0.6 is 0 Å². The first kappa shape index (κ1) is 27.3. The van der Waals surface area contributed by atoms with Gasteiger partial charge in [-0.3, -0.25) is 9.78 Å². The van der Waals surface area contributed by atoms with Crippen molar-refractivity contribution in [2.75, 3.05) is 11.9 Å². The molecule has 1 atom stereocenters. The lowest BCUT2D eigenvalue weighted by Crippen LogP contribution is -2.42. The smallest absolute Gasteiger partial charge is 0.255 e. The third kappa shape index (κ3) is 5.82. The average Bonchev–Trinajstić information content (AvgIpc) is 3.57. The van der Waals surface area contributed by atoms with Crippen molar-refractivity contribution in [1.29, 1.82) is 5.26 Å². The molecular weight excluding hydrogens is 513 g/mol. The minimum Gasteiger partial charge on any atom is -0.446 e. The average molecular weight is 546 g/mol. The molecule has 11 heteroatoms. The Bertz CT molecular complexity index is 1560. The molecule has 0 aliphatic heterocycles. The summed E-state index contributed by atoms with van der Waals surface area (Å²) in [5.74, 6) is 1.37. The number of rotatable bonds is 8. The number of oxazole rings is 1. The first-order valence-electron chi connectivity index (χ1n) is 13.3.